The zero-order valence-electron chi connectivity index (χ0n) is 8.35. The summed E-state index contributed by atoms with van der Waals surface area (Å²) in [6.45, 7) is 1.72. The smallest absolute Gasteiger partial charge is 0.317 e. The molecule has 1 aliphatic heterocycles. The van der Waals surface area contributed by atoms with E-state index in [1.165, 1.54) is 10.5 Å². The van der Waals surface area contributed by atoms with Gasteiger partial charge in [0.2, 0.25) is 0 Å². The molecule has 0 radical (unpaired) electrons. The maximum atomic E-state index is 10.6. The number of benzene rings is 1. The maximum Gasteiger partial charge on any atom is 0.317 e. The van der Waals surface area contributed by atoms with Gasteiger partial charge in [-0.15, -0.1) is 11.8 Å². The Morgan fingerprint density at radius 1 is 1.47 bits per heavy atom. The van der Waals surface area contributed by atoms with Crippen LogP contribution in [0.3, 0.4) is 0 Å². The molecule has 0 aliphatic carbocycles. The Kier molecular flexibility index (Phi) is 3.28. The van der Waals surface area contributed by atoms with Crippen molar-refractivity contribution in [2.24, 2.45) is 0 Å². The molecule has 0 atom stereocenters. The zero-order valence-corrected chi connectivity index (χ0v) is 9.17. The van der Waals surface area contributed by atoms with Crippen molar-refractivity contribution in [2.75, 3.05) is 18.8 Å². The van der Waals surface area contributed by atoms with Gasteiger partial charge in [0.05, 0.1) is 6.54 Å². The number of fused-ring (bicyclic) bond motifs is 1. The molecule has 0 saturated carbocycles. The number of carboxylic acid groups (broad SMARTS) is 1. The van der Waals surface area contributed by atoms with Crippen LogP contribution in [0.15, 0.2) is 29.2 Å². The Hall–Kier alpha value is -1.00. The van der Waals surface area contributed by atoms with E-state index in [2.05, 4.69) is 12.1 Å². The average molecular weight is 223 g/mol. The van der Waals surface area contributed by atoms with Crippen LogP contribution in [0.4, 0.5) is 0 Å². The first-order valence-corrected chi connectivity index (χ1v) is 5.89. The van der Waals surface area contributed by atoms with Gasteiger partial charge in [-0.1, -0.05) is 18.2 Å². The monoisotopic (exact) mass is 223 g/mol. The Bertz CT molecular complexity index is 367. The van der Waals surface area contributed by atoms with Crippen molar-refractivity contribution in [2.45, 2.75) is 11.4 Å². The number of carboxylic acids is 1. The summed E-state index contributed by atoms with van der Waals surface area (Å²) in [6.07, 6.45) is 0. The van der Waals surface area contributed by atoms with Crippen LogP contribution in [0.1, 0.15) is 5.56 Å². The first-order chi connectivity index (χ1) is 7.25. The van der Waals surface area contributed by atoms with Gasteiger partial charge in [0.1, 0.15) is 0 Å². The molecule has 1 N–H and O–H groups in total. The third-order valence-electron chi connectivity index (χ3n) is 2.39. The molecule has 0 spiro atoms. The van der Waals surface area contributed by atoms with Gasteiger partial charge in [-0.05, 0) is 11.6 Å². The predicted octanol–water partition coefficient (Wildman–Crippen LogP) is 1.68. The topological polar surface area (TPSA) is 40.5 Å². The molecule has 15 heavy (non-hydrogen) atoms. The SMILES string of the molecule is O=C(O)CN1CCSc2ccccc2C1. The maximum absolute atomic E-state index is 10.6. The molecule has 1 aliphatic rings. The highest BCUT2D eigenvalue weighted by molar-refractivity contribution is 7.99. The molecule has 4 heteroatoms. The van der Waals surface area contributed by atoms with Gasteiger partial charge in [-0.2, -0.15) is 0 Å². The summed E-state index contributed by atoms with van der Waals surface area (Å²) < 4.78 is 0. The predicted molar refractivity (Wildman–Crippen MR) is 60.1 cm³/mol. The minimum Gasteiger partial charge on any atom is -0.480 e. The van der Waals surface area contributed by atoms with E-state index in [9.17, 15) is 4.79 Å². The van der Waals surface area contributed by atoms with E-state index in [-0.39, 0.29) is 6.54 Å². The van der Waals surface area contributed by atoms with Crippen molar-refractivity contribution >= 4 is 17.7 Å². The van der Waals surface area contributed by atoms with Crippen LogP contribution in [0.5, 0.6) is 0 Å². The van der Waals surface area contributed by atoms with Crippen molar-refractivity contribution in [3.8, 4) is 0 Å². The second kappa shape index (κ2) is 4.68. The van der Waals surface area contributed by atoms with Gasteiger partial charge in [0.15, 0.2) is 0 Å². The minimum atomic E-state index is -0.751. The number of aliphatic carboxylic acids is 1. The zero-order chi connectivity index (χ0) is 10.7. The fourth-order valence-electron chi connectivity index (χ4n) is 1.71. The second-order valence-corrected chi connectivity index (χ2v) is 4.70. The lowest BCUT2D eigenvalue weighted by Gasteiger charge is -2.16. The largest absolute Gasteiger partial charge is 0.480 e. The first-order valence-electron chi connectivity index (χ1n) is 4.90. The van der Waals surface area contributed by atoms with Gasteiger partial charge < -0.3 is 5.11 Å². The lowest BCUT2D eigenvalue weighted by Crippen LogP contribution is -2.30. The van der Waals surface area contributed by atoms with Gasteiger partial charge in [-0.3, -0.25) is 9.69 Å². The fraction of sp³-hybridized carbons (Fsp3) is 0.364. The molecule has 1 aromatic carbocycles. The molecule has 80 valence electrons. The molecule has 1 aromatic rings. The molecule has 2 rings (SSSR count). The molecular weight excluding hydrogens is 210 g/mol. The van der Waals surface area contributed by atoms with Crippen LogP contribution in [0.2, 0.25) is 0 Å². The molecule has 1 heterocycles. The van der Waals surface area contributed by atoms with Crippen molar-refractivity contribution in [1.82, 2.24) is 4.90 Å². The van der Waals surface area contributed by atoms with E-state index >= 15 is 0 Å². The first kappa shape index (κ1) is 10.5. The highest BCUT2D eigenvalue weighted by atomic mass is 32.2. The summed E-state index contributed by atoms with van der Waals surface area (Å²) in [5.74, 6) is 0.212. The molecule has 3 nitrogen and oxygen atoms in total. The van der Waals surface area contributed by atoms with Crippen molar-refractivity contribution < 1.29 is 9.90 Å². The lowest BCUT2D eigenvalue weighted by atomic mass is 10.2. The van der Waals surface area contributed by atoms with Crippen LogP contribution in [0.25, 0.3) is 0 Å². The van der Waals surface area contributed by atoms with Crippen molar-refractivity contribution in [1.29, 1.82) is 0 Å². The highest BCUT2D eigenvalue weighted by Crippen LogP contribution is 2.26. The second-order valence-electron chi connectivity index (χ2n) is 3.56. The summed E-state index contributed by atoms with van der Waals surface area (Å²) >= 11 is 1.81. The normalized spacial score (nSPS) is 16.8. The number of rotatable bonds is 2. The van der Waals surface area contributed by atoms with Gasteiger partial charge in [-0.25, -0.2) is 0 Å². The Morgan fingerprint density at radius 3 is 3.07 bits per heavy atom. The van der Waals surface area contributed by atoms with Crippen LogP contribution in [-0.2, 0) is 11.3 Å². The van der Waals surface area contributed by atoms with Crippen molar-refractivity contribution in [3.63, 3.8) is 0 Å². The van der Waals surface area contributed by atoms with Crippen LogP contribution >= 0.6 is 11.8 Å². The molecule has 0 saturated heterocycles. The van der Waals surface area contributed by atoms with E-state index in [1.54, 1.807) is 11.8 Å². The minimum absolute atomic E-state index is 0.134. The van der Waals surface area contributed by atoms with E-state index in [0.29, 0.717) is 0 Å². The summed E-state index contributed by atoms with van der Waals surface area (Å²) in [7, 11) is 0. The van der Waals surface area contributed by atoms with E-state index in [0.717, 1.165) is 18.8 Å². The number of carbonyl (C=O) groups is 1. The standard InChI is InChI=1S/C11H13NO2S/c13-11(14)8-12-5-6-15-10-4-2-1-3-9(10)7-12/h1-4H,5-8H2,(H,13,14). The summed E-state index contributed by atoms with van der Waals surface area (Å²) in [5, 5.41) is 8.76. The quantitative estimate of drug-likeness (QED) is 0.828. The molecule has 0 unspecified atom stereocenters. The van der Waals surface area contributed by atoms with E-state index < -0.39 is 5.97 Å². The van der Waals surface area contributed by atoms with Crippen LogP contribution < -0.4 is 0 Å². The van der Waals surface area contributed by atoms with Crippen LogP contribution in [-0.4, -0.2) is 34.8 Å². The van der Waals surface area contributed by atoms with E-state index in [1.807, 2.05) is 17.0 Å². The third-order valence-corrected chi connectivity index (χ3v) is 3.49. The Balaban J connectivity index is 2.13. The van der Waals surface area contributed by atoms with Crippen molar-refractivity contribution in [3.05, 3.63) is 29.8 Å². The molecule has 0 aromatic heterocycles. The Labute approximate surface area is 93.1 Å². The third kappa shape index (κ3) is 2.73. The highest BCUT2D eigenvalue weighted by Gasteiger charge is 2.15. The van der Waals surface area contributed by atoms with Gasteiger partial charge >= 0.3 is 5.97 Å². The lowest BCUT2D eigenvalue weighted by molar-refractivity contribution is -0.138. The molecule has 0 fully saturated rings. The van der Waals surface area contributed by atoms with Gasteiger partial charge in [0, 0.05) is 23.7 Å². The fourth-order valence-corrected chi connectivity index (χ4v) is 2.77. The van der Waals surface area contributed by atoms with Gasteiger partial charge in [0.25, 0.3) is 0 Å². The number of hydrogen-bond acceptors (Lipinski definition) is 3. The van der Waals surface area contributed by atoms with Crippen LogP contribution in [0, 0.1) is 0 Å². The summed E-state index contributed by atoms with van der Waals surface area (Å²) in [6, 6.07) is 8.20. The summed E-state index contributed by atoms with van der Waals surface area (Å²) in [4.78, 5) is 13.9. The molecule has 0 amide bonds. The molecular formula is C11H13NO2S. The Morgan fingerprint density at radius 2 is 2.27 bits per heavy atom. The number of thioether (sulfide) groups is 1. The molecule has 0 bridgehead atoms. The number of hydrogen-bond donors (Lipinski definition) is 1. The number of nitrogens with zero attached hydrogens (tertiary/aromatic N) is 1. The van der Waals surface area contributed by atoms with E-state index in [4.69, 9.17) is 5.11 Å². The summed E-state index contributed by atoms with van der Waals surface area (Å²) in [5.41, 5.74) is 1.24. The average Bonchev–Trinajstić information content (AvgIpc) is 2.38.